The van der Waals surface area contributed by atoms with Crippen LogP contribution >= 0.6 is 21.6 Å². The summed E-state index contributed by atoms with van der Waals surface area (Å²) in [5.41, 5.74) is 25.5. The summed E-state index contributed by atoms with van der Waals surface area (Å²) in [5, 5.41) is 76.0. The molecule has 5 aromatic rings. The van der Waals surface area contributed by atoms with Crippen LogP contribution in [0.25, 0.3) is 10.9 Å². The molecular formula is C77H106N18O20S2. The number of amides is 14. The van der Waals surface area contributed by atoms with Gasteiger partial charge >= 0.3 is 5.97 Å². The minimum Gasteiger partial charge on any atom is -0.497 e. The van der Waals surface area contributed by atoms with Crippen LogP contribution in [0, 0.1) is 0 Å². The number of carbonyl (C=O) groups excluding carboxylic acids is 14. The number of unbranched alkanes of at least 4 members (excludes halogenated alkanes) is 2. The Morgan fingerprint density at radius 1 is 0.504 bits per heavy atom. The summed E-state index contributed by atoms with van der Waals surface area (Å²) >= 11 is 0. The van der Waals surface area contributed by atoms with Crippen molar-refractivity contribution in [1.82, 2.24) is 74.1 Å². The number of aliphatic hydroxyl groups excluding tert-OH is 3. The van der Waals surface area contributed by atoms with Crippen LogP contribution < -0.4 is 96.8 Å². The zero-order valence-electron chi connectivity index (χ0n) is 65.1. The molecule has 14 amide bonds. The first-order valence-electron chi connectivity index (χ1n) is 37.9. The molecule has 0 bridgehead atoms. The van der Waals surface area contributed by atoms with Crippen molar-refractivity contribution in [2.24, 2.45) is 22.9 Å². The molecule has 15 atom stereocenters. The Morgan fingerprint density at radius 3 is 1.35 bits per heavy atom. The van der Waals surface area contributed by atoms with E-state index >= 15 is 14.4 Å². The number of aromatic amines is 1. The maximum Gasteiger partial charge on any atom is 0.327 e. The highest BCUT2D eigenvalue weighted by atomic mass is 33.1. The number of hydrogen-bond acceptors (Lipinski definition) is 24. The maximum atomic E-state index is 15.5. The Morgan fingerprint density at radius 2 is 0.906 bits per heavy atom. The lowest BCUT2D eigenvalue weighted by Crippen LogP contribution is -2.63. The summed E-state index contributed by atoms with van der Waals surface area (Å²) in [6.45, 7) is 1.85. The van der Waals surface area contributed by atoms with Crippen molar-refractivity contribution in [3.8, 4) is 5.75 Å². The largest absolute Gasteiger partial charge is 0.497 e. The van der Waals surface area contributed by atoms with Crippen LogP contribution in [0.15, 0.2) is 115 Å². The van der Waals surface area contributed by atoms with E-state index in [0.717, 1.165) is 35.4 Å². The van der Waals surface area contributed by atoms with Crippen molar-refractivity contribution < 1.29 is 97.1 Å². The molecule has 117 heavy (non-hydrogen) atoms. The summed E-state index contributed by atoms with van der Waals surface area (Å²) in [5.74, 6) is -17.5. The van der Waals surface area contributed by atoms with Gasteiger partial charge < -0.3 is 122 Å². The average molecular weight is 1670 g/mol. The second kappa shape index (κ2) is 48.3. The summed E-state index contributed by atoms with van der Waals surface area (Å²) in [4.78, 5) is 217. The number of benzene rings is 4. The molecule has 38 nitrogen and oxygen atoms in total. The predicted molar refractivity (Wildman–Crippen MR) is 431 cm³/mol. The van der Waals surface area contributed by atoms with E-state index in [0.29, 0.717) is 45.3 Å². The van der Waals surface area contributed by atoms with Gasteiger partial charge in [0.15, 0.2) is 0 Å². The number of carbonyl (C=O) groups is 15. The normalized spacial score (nSPS) is 23.5. The van der Waals surface area contributed by atoms with Crippen molar-refractivity contribution >= 4 is 121 Å². The van der Waals surface area contributed by atoms with Gasteiger partial charge in [-0.2, -0.15) is 0 Å². The Bertz CT molecular complexity index is 4210. The first-order valence-corrected chi connectivity index (χ1v) is 40.4. The molecule has 0 radical (unpaired) electrons. The first-order chi connectivity index (χ1) is 55.8. The van der Waals surface area contributed by atoms with Crippen LogP contribution in [0.3, 0.4) is 0 Å². The Kier molecular flexibility index (Phi) is 39.1. The minimum atomic E-state index is -1.99. The van der Waals surface area contributed by atoms with Gasteiger partial charge in [-0.3, -0.25) is 67.1 Å². The highest BCUT2D eigenvalue weighted by Gasteiger charge is 2.40. The molecule has 0 saturated carbocycles. The number of primary amides is 1. The van der Waals surface area contributed by atoms with Crippen LogP contribution in [0.1, 0.15) is 88.0 Å². The van der Waals surface area contributed by atoms with E-state index in [1.807, 2.05) is 0 Å². The first kappa shape index (κ1) is 94.6. The zero-order chi connectivity index (χ0) is 85.8. The number of rotatable bonds is 27. The van der Waals surface area contributed by atoms with Gasteiger partial charge in [-0.05, 0) is 113 Å². The second-order valence-electron chi connectivity index (χ2n) is 28.0. The number of hydrogen-bond donors (Lipinski definition) is 22. The standard InChI is InChI=1S/C77H106N18O20S2/c1-41(80)65(101)83-37-62(100)84-59-39-116-117-40-60(77(113)114)93-73(109)58(38-96)92-76(112)64(43(3)98)95-72(108)55(32-46-22-12-7-13-23-46)91-75(111)63(42(2)97)94-67(103)52(25-15-17-29-79)85-70(106)56(33-47-36-82-50-27-26-48(115-4)34-49(47)50)89-69(105)54(31-45-20-10-6-11-21-45)87-68(104)53(30-44-18-8-5-9-19-44)88-71(107)57(35-61(81)99)90-66(102)51(86-74(59)110)24-14-16-28-78/h5-13,18-23,26-27,34,36,41-43,51-60,63-64,82,96-98H,14-17,24-25,28-33,35,37-40,78-80H2,1-4H3,(H2,81,99)(H,83,101)(H,84,100)(H,85,106)(H,86,110)(H,87,104)(H,88,107)(H,89,105)(H,90,102)(H,91,111)(H,92,112)(H,93,109)(H,94,103)(H,95,108)(H,113,114)/t41-,42+,43+,51-,52-,53-,54-,55-,56+,57-,58-,59+,60-,63?,64?/m0/s1. The Hall–Kier alpha value is -11.3. The fraction of sp³-hybridized carbons (Fsp3) is 0.468. The molecular weight excluding hydrogens is 1560 g/mol. The number of aliphatic hydroxyl groups is 3. The fourth-order valence-electron chi connectivity index (χ4n) is 12.1. The van der Waals surface area contributed by atoms with Gasteiger partial charge in [-0.15, -0.1) is 0 Å². The topological polar surface area (TPSA) is 622 Å². The van der Waals surface area contributed by atoms with Crippen molar-refractivity contribution in [2.75, 3.05) is 44.9 Å². The molecule has 1 fully saturated rings. The third-order valence-corrected chi connectivity index (χ3v) is 21.0. The molecule has 2 heterocycles. The van der Waals surface area contributed by atoms with Crippen LogP contribution in [0.4, 0.5) is 0 Å². The fourth-order valence-corrected chi connectivity index (χ4v) is 14.4. The molecule has 1 aliphatic heterocycles. The van der Waals surface area contributed by atoms with Gasteiger partial charge in [-0.25, -0.2) is 4.79 Å². The van der Waals surface area contributed by atoms with E-state index in [9.17, 15) is 78.0 Å². The number of H-pyrrole nitrogens is 1. The van der Waals surface area contributed by atoms with Crippen LogP contribution in [-0.4, -0.2) is 250 Å². The van der Waals surface area contributed by atoms with Gasteiger partial charge in [0.2, 0.25) is 82.7 Å². The number of carboxylic acid groups (broad SMARTS) is 1. The van der Waals surface area contributed by atoms with Gasteiger partial charge in [0, 0.05) is 54.3 Å². The van der Waals surface area contributed by atoms with E-state index in [1.54, 1.807) is 115 Å². The van der Waals surface area contributed by atoms with Crippen LogP contribution in [0.5, 0.6) is 5.75 Å². The molecule has 0 spiro atoms. The van der Waals surface area contributed by atoms with E-state index in [4.69, 9.17) is 27.7 Å². The van der Waals surface area contributed by atoms with Gasteiger partial charge in [0.1, 0.15) is 78.3 Å². The molecule has 4 aromatic carbocycles. The highest BCUT2D eigenvalue weighted by molar-refractivity contribution is 8.76. The van der Waals surface area contributed by atoms with Crippen LogP contribution in [-0.2, 0) is 97.6 Å². The van der Waals surface area contributed by atoms with Crippen molar-refractivity contribution in [2.45, 2.75) is 182 Å². The molecule has 1 aliphatic rings. The van der Waals surface area contributed by atoms with E-state index in [2.05, 4.69) is 74.1 Å². The van der Waals surface area contributed by atoms with Gasteiger partial charge in [0.25, 0.3) is 0 Å². The molecule has 1 aromatic heterocycles. The number of nitrogens with one attached hydrogen (secondary N) is 14. The number of aliphatic carboxylic acids is 1. The summed E-state index contributed by atoms with van der Waals surface area (Å²) in [6, 6.07) is 7.38. The molecule has 0 aliphatic carbocycles. The van der Waals surface area contributed by atoms with Crippen LogP contribution in [0.2, 0.25) is 0 Å². The molecule has 636 valence electrons. The predicted octanol–water partition coefficient (Wildman–Crippen LogP) is -4.91. The van der Waals surface area contributed by atoms with Gasteiger partial charge in [0.05, 0.1) is 44.9 Å². The number of aromatic nitrogens is 1. The molecule has 6 rings (SSSR count). The van der Waals surface area contributed by atoms with E-state index in [-0.39, 0.29) is 70.9 Å². The lowest BCUT2D eigenvalue weighted by atomic mass is 10.00. The lowest BCUT2D eigenvalue weighted by molar-refractivity contribution is -0.142. The number of nitrogens with two attached hydrogens (primary N) is 4. The molecule has 26 N–H and O–H groups in total. The third kappa shape index (κ3) is 31.0. The highest BCUT2D eigenvalue weighted by Crippen LogP contribution is 2.26. The SMILES string of the molecule is COc1ccc2[nH]cc(C[C@H]3NC(=O)[C@H](Cc4ccccc4)NC(=O)[C@H](Cc4ccccc4)NC(=O)[C@H](CC(N)=O)NC(=O)[C@H](CCCCN)NC(=O)[C@H](NC(=O)CNC(=O)[C@H](C)N)CSSC[C@@H](C(=O)O)NC(=O)[C@H](CO)NC(=O)C([C@@H](C)O)NC(=O)[C@H](Cc4ccccc4)NC(=O)C([C@@H](C)O)NC(=O)[C@H](CCCCN)NC3=O)c2c1. The number of ether oxygens (including phenoxy) is 1. The quantitative estimate of drug-likeness (QED) is 0.0173. The van der Waals surface area contributed by atoms with Crippen molar-refractivity contribution in [3.63, 3.8) is 0 Å². The lowest BCUT2D eigenvalue weighted by Gasteiger charge is -2.29. The molecule has 2 unspecified atom stereocenters. The smallest absolute Gasteiger partial charge is 0.327 e. The molecule has 40 heteroatoms. The molecule has 1 saturated heterocycles. The average Bonchev–Trinajstić information content (AvgIpc) is 1.69. The number of fused-ring (bicyclic) bond motifs is 1. The maximum absolute atomic E-state index is 15.5. The number of methoxy groups -OCH3 is 1. The van der Waals surface area contributed by atoms with Crippen molar-refractivity contribution in [3.05, 3.63) is 138 Å². The minimum absolute atomic E-state index is 0.0999. The van der Waals surface area contributed by atoms with E-state index < -0.39 is 210 Å². The Balaban J connectivity index is 1.48. The van der Waals surface area contributed by atoms with E-state index in [1.165, 1.54) is 14.0 Å². The Labute approximate surface area is 682 Å². The second-order valence-corrected chi connectivity index (χ2v) is 30.5. The summed E-state index contributed by atoms with van der Waals surface area (Å²) in [6.07, 6.45) is -3.67. The summed E-state index contributed by atoms with van der Waals surface area (Å²) < 4.78 is 5.53. The zero-order valence-corrected chi connectivity index (χ0v) is 66.7. The third-order valence-electron chi connectivity index (χ3n) is 18.6. The number of carboxylic acids is 1. The van der Waals surface area contributed by atoms with Gasteiger partial charge in [-0.1, -0.05) is 113 Å². The van der Waals surface area contributed by atoms with Crippen molar-refractivity contribution in [1.29, 1.82) is 0 Å². The summed E-state index contributed by atoms with van der Waals surface area (Å²) in [7, 11) is 2.93. The monoisotopic (exact) mass is 1670 g/mol.